The minimum Gasteiger partial charge on any atom is -0.322 e. The van der Waals surface area contributed by atoms with E-state index >= 15 is 0 Å². The van der Waals surface area contributed by atoms with Crippen molar-refractivity contribution in [1.82, 2.24) is 9.80 Å². The number of halogens is 6. The third kappa shape index (κ3) is 7.59. The number of likely N-dealkylation sites (N-methyl/N-ethyl adjacent to an activating group) is 2. The van der Waals surface area contributed by atoms with Crippen LogP contribution in [0.5, 0.6) is 0 Å². The Balaban J connectivity index is 1.74. The topological polar surface area (TPSA) is 64.7 Å². The molecule has 0 radical (unpaired) electrons. The second-order valence-electron chi connectivity index (χ2n) is 7.41. The zero-order valence-electron chi connectivity index (χ0n) is 18.3. The number of amides is 2. The van der Waals surface area contributed by atoms with Crippen molar-refractivity contribution in [1.29, 1.82) is 0 Å². The highest BCUT2D eigenvalue weighted by molar-refractivity contribution is 5.92. The first-order chi connectivity index (χ1) is 16.0. The molecule has 0 aromatic heterocycles. The van der Waals surface area contributed by atoms with Crippen molar-refractivity contribution < 1.29 is 35.9 Å². The van der Waals surface area contributed by atoms with Crippen LogP contribution in [0.15, 0.2) is 36.4 Å². The van der Waals surface area contributed by atoms with Crippen LogP contribution in [0.2, 0.25) is 0 Å². The average molecular weight is 488 g/mol. The first-order valence-electron chi connectivity index (χ1n) is 9.88. The molecule has 0 spiro atoms. The van der Waals surface area contributed by atoms with E-state index < -0.39 is 58.1 Å². The minimum absolute atomic E-state index is 0.166. The number of hydrogen-bond donors (Lipinski definition) is 2. The lowest BCUT2D eigenvalue weighted by molar-refractivity contribution is -0.117. The molecule has 0 atom stereocenters. The Kier molecular flexibility index (Phi) is 9.63. The van der Waals surface area contributed by atoms with Gasteiger partial charge in [0.05, 0.1) is 24.5 Å². The van der Waals surface area contributed by atoms with Gasteiger partial charge in [-0.15, -0.1) is 0 Å². The average Bonchev–Trinajstić information content (AvgIpc) is 2.77. The molecule has 0 unspecified atom stereocenters. The van der Waals surface area contributed by atoms with Crippen molar-refractivity contribution >= 4 is 23.2 Å². The molecule has 0 aliphatic carbocycles. The van der Waals surface area contributed by atoms with Crippen molar-refractivity contribution in [3.05, 3.63) is 71.3 Å². The Labute approximate surface area is 191 Å². The maximum Gasteiger partial charge on any atom is 0.238 e. The van der Waals surface area contributed by atoms with Crippen molar-refractivity contribution in [3.63, 3.8) is 0 Å². The second-order valence-corrected chi connectivity index (χ2v) is 7.41. The number of benzene rings is 2. The van der Waals surface area contributed by atoms with Crippen LogP contribution in [-0.2, 0) is 9.59 Å². The fraction of sp³-hybridized carbons (Fsp3) is 0.273. The van der Waals surface area contributed by atoms with Gasteiger partial charge < -0.3 is 10.6 Å². The van der Waals surface area contributed by atoms with E-state index in [2.05, 4.69) is 10.6 Å². The van der Waals surface area contributed by atoms with E-state index in [1.54, 1.807) is 36.0 Å². The van der Waals surface area contributed by atoms with Crippen molar-refractivity contribution in [2.45, 2.75) is 0 Å². The van der Waals surface area contributed by atoms with E-state index in [0.29, 0.717) is 25.2 Å². The molecule has 0 bridgehead atoms. The predicted molar refractivity (Wildman–Crippen MR) is 114 cm³/mol. The summed E-state index contributed by atoms with van der Waals surface area (Å²) < 4.78 is 79.5. The summed E-state index contributed by atoms with van der Waals surface area (Å²) in [5.41, 5.74) is -0.952. The molecule has 2 rings (SSSR count). The number of nitrogens with zero attached hydrogens (tertiary/aromatic N) is 2. The van der Waals surface area contributed by atoms with E-state index in [9.17, 15) is 35.9 Å². The number of nitrogens with one attached hydrogen (secondary N) is 2. The molecule has 0 saturated carbocycles. The van der Waals surface area contributed by atoms with E-state index in [1.807, 2.05) is 0 Å². The Morgan fingerprint density at radius 1 is 0.676 bits per heavy atom. The van der Waals surface area contributed by atoms with Crippen LogP contribution in [-0.4, -0.2) is 61.9 Å². The van der Waals surface area contributed by atoms with Gasteiger partial charge in [-0.05, 0) is 38.4 Å². The van der Waals surface area contributed by atoms with Gasteiger partial charge in [-0.2, -0.15) is 0 Å². The van der Waals surface area contributed by atoms with Gasteiger partial charge in [-0.3, -0.25) is 19.4 Å². The molecule has 2 N–H and O–H groups in total. The molecule has 6 nitrogen and oxygen atoms in total. The lowest BCUT2D eigenvalue weighted by Gasteiger charge is -2.16. The molecule has 184 valence electrons. The van der Waals surface area contributed by atoms with Crippen LogP contribution >= 0.6 is 0 Å². The molecule has 0 saturated heterocycles. The van der Waals surface area contributed by atoms with Gasteiger partial charge in [0.1, 0.15) is 0 Å². The molecule has 12 heteroatoms. The minimum atomic E-state index is -1.68. The van der Waals surface area contributed by atoms with Crippen LogP contribution in [0.3, 0.4) is 0 Å². The third-order valence-corrected chi connectivity index (χ3v) is 4.45. The van der Waals surface area contributed by atoms with Crippen molar-refractivity contribution in [2.75, 3.05) is 50.9 Å². The van der Waals surface area contributed by atoms with Crippen molar-refractivity contribution in [3.8, 4) is 0 Å². The van der Waals surface area contributed by atoms with Crippen molar-refractivity contribution in [2.24, 2.45) is 0 Å². The summed E-state index contributed by atoms with van der Waals surface area (Å²) in [5, 5.41) is 4.32. The molecule has 0 fully saturated rings. The SMILES string of the molecule is CN(C/C=C/CN(C)CC(=O)Nc1ccc(F)c(F)c1F)CC(=O)Nc1ccc(F)c(F)c1F. The largest absolute Gasteiger partial charge is 0.322 e. The number of hydrogen-bond acceptors (Lipinski definition) is 4. The quantitative estimate of drug-likeness (QED) is 0.305. The Bertz CT molecular complexity index is 996. The van der Waals surface area contributed by atoms with Crippen LogP contribution in [0, 0.1) is 34.9 Å². The molecule has 0 heterocycles. The molecule has 34 heavy (non-hydrogen) atoms. The first-order valence-corrected chi connectivity index (χ1v) is 9.88. The molecule has 2 amide bonds. The summed E-state index contributed by atoms with van der Waals surface area (Å²) >= 11 is 0. The predicted octanol–water partition coefficient (Wildman–Crippen LogP) is 3.52. The van der Waals surface area contributed by atoms with Crippen LogP contribution in [0.25, 0.3) is 0 Å². The Morgan fingerprint density at radius 2 is 1.03 bits per heavy atom. The summed E-state index contributed by atoms with van der Waals surface area (Å²) in [6.07, 6.45) is 3.38. The maximum absolute atomic E-state index is 13.6. The van der Waals surface area contributed by atoms with Gasteiger partial charge in [-0.25, -0.2) is 26.3 Å². The maximum atomic E-state index is 13.6. The molecular weight excluding hydrogens is 466 g/mol. The first kappa shape index (κ1) is 26.9. The highest BCUT2D eigenvalue weighted by Gasteiger charge is 2.17. The van der Waals surface area contributed by atoms with Gasteiger partial charge in [-0.1, -0.05) is 12.2 Å². The summed E-state index contributed by atoms with van der Waals surface area (Å²) in [6.45, 7) is 0.267. The normalized spacial score (nSPS) is 11.5. The highest BCUT2D eigenvalue weighted by Crippen LogP contribution is 2.20. The van der Waals surface area contributed by atoms with E-state index in [0.717, 1.165) is 12.1 Å². The molecule has 0 aliphatic heterocycles. The summed E-state index contributed by atoms with van der Waals surface area (Å²) in [7, 11) is 3.19. The Morgan fingerprint density at radius 3 is 1.38 bits per heavy atom. The second kappa shape index (κ2) is 12.2. The fourth-order valence-electron chi connectivity index (χ4n) is 2.75. The van der Waals surface area contributed by atoms with Crippen LogP contribution < -0.4 is 10.6 Å². The van der Waals surface area contributed by atoms with Gasteiger partial charge in [0.25, 0.3) is 0 Å². The van der Waals surface area contributed by atoms with Crippen LogP contribution in [0.1, 0.15) is 0 Å². The lowest BCUT2D eigenvalue weighted by Crippen LogP contribution is -2.31. The van der Waals surface area contributed by atoms with Gasteiger partial charge >= 0.3 is 0 Å². The van der Waals surface area contributed by atoms with Gasteiger partial charge in [0.2, 0.25) is 11.8 Å². The molecule has 0 aliphatic rings. The third-order valence-electron chi connectivity index (χ3n) is 4.45. The van der Waals surface area contributed by atoms with Gasteiger partial charge in [0.15, 0.2) is 34.9 Å². The zero-order valence-corrected chi connectivity index (χ0v) is 18.3. The number of carbonyl (C=O) groups excluding carboxylic acids is 2. The summed E-state index contributed by atoms with van der Waals surface area (Å²) in [6, 6.07) is 3.23. The van der Waals surface area contributed by atoms with E-state index in [4.69, 9.17) is 0 Å². The standard InChI is InChI=1S/C22H22F6N4O2/c1-31(11-17(33)29-15-7-5-13(23)19(25)21(15)27)9-3-4-10-32(2)12-18(34)30-16-8-6-14(24)20(26)22(16)28/h3-8H,9-12H2,1-2H3,(H,29,33)(H,30,34)/b4-3+. The summed E-state index contributed by atoms with van der Waals surface area (Å²) in [5.74, 6) is -10.3. The zero-order chi connectivity index (χ0) is 25.4. The van der Waals surface area contributed by atoms with Crippen LogP contribution in [0.4, 0.5) is 37.7 Å². The smallest absolute Gasteiger partial charge is 0.238 e. The van der Waals surface area contributed by atoms with E-state index in [-0.39, 0.29) is 13.1 Å². The number of carbonyl (C=O) groups is 2. The summed E-state index contributed by atoms with van der Waals surface area (Å²) in [4.78, 5) is 27.0. The molecule has 2 aromatic carbocycles. The van der Waals surface area contributed by atoms with Gasteiger partial charge in [0, 0.05) is 13.1 Å². The van der Waals surface area contributed by atoms with E-state index in [1.165, 1.54) is 0 Å². The highest BCUT2D eigenvalue weighted by atomic mass is 19.2. The molecule has 2 aromatic rings. The molecular formula is C22H22F6N4O2. The lowest BCUT2D eigenvalue weighted by atomic mass is 10.2. The number of rotatable bonds is 10. The Hall–Kier alpha value is -3.38. The number of anilines is 2. The fourth-order valence-corrected chi connectivity index (χ4v) is 2.75. The monoisotopic (exact) mass is 488 g/mol.